The van der Waals surface area contributed by atoms with Crippen molar-refractivity contribution < 1.29 is 8.42 Å². The van der Waals surface area contributed by atoms with Crippen molar-refractivity contribution in [3.8, 4) is 0 Å². The second-order valence-corrected chi connectivity index (χ2v) is 8.45. The van der Waals surface area contributed by atoms with E-state index in [1.54, 1.807) is 22.1 Å². The highest BCUT2D eigenvalue weighted by atomic mass is 32.2. The van der Waals surface area contributed by atoms with Crippen LogP contribution in [0.25, 0.3) is 0 Å². The summed E-state index contributed by atoms with van der Waals surface area (Å²) in [6, 6.07) is 6.28. The molecule has 0 N–H and O–H groups in total. The zero-order chi connectivity index (χ0) is 18.2. The summed E-state index contributed by atoms with van der Waals surface area (Å²) in [5.41, 5.74) is 4.29. The van der Waals surface area contributed by atoms with Gasteiger partial charge in [0.15, 0.2) is 0 Å². The van der Waals surface area contributed by atoms with E-state index in [2.05, 4.69) is 42.0 Å². The molecule has 1 saturated heterocycles. The summed E-state index contributed by atoms with van der Waals surface area (Å²) in [5.74, 6) is 0. The van der Waals surface area contributed by atoms with Crippen LogP contribution in [0.5, 0.6) is 0 Å². The van der Waals surface area contributed by atoms with Gasteiger partial charge in [0, 0.05) is 44.6 Å². The molecule has 0 aliphatic carbocycles. The Kier molecular flexibility index (Phi) is 4.88. The van der Waals surface area contributed by atoms with Gasteiger partial charge in [-0.25, -0.2) is 8.42 Å². The van der Waals surface area contributed by atoms with Crippen molar-refractivity contribution in [3.63, 3.8) is 0 Å². The largest absolute Gasteiger partial charge is 0.369 e. The molecule has 0 saturated carbocycles. The highest BCUT2D eigenvalue weighted by Gasteiger charge is 2.31. The third kappa shape index (κ3) is 3.30. The maximum absolute atomic E-state index is 13.0. The van der Waals surface area contributed by atoms with E-state index in [0.29, 0.717) is 43.3 Å². The van der Waals surface area contributed by atoms with Crippen molar-refractivity contribution in [1.82, 2.24) is 14.1 Å². The number of rotatable bonds is 4. The highest BCUT2D eigenvalue weighted by Crippen LogP contribution is 2.26. The summed E-state index contributed by atoms with van der Waals surface area (Å²) in [5, 5.41) is 4.27. The van der Waals surface area contributed by atoms with Gasteiger partial charge in [0.1, 0.15) is 4.90 Å². The Balaban J connectivity index is 1.77. The lowest BCUT2D eigenvalue weighted by Crippen LogP contribution is -2.49. The minimum Gasteiger partial charge on any atom is -0.369 e. The highest BCUT2D eigenvalue weighted by molar-refractivity contribution is 7.89. The summed E-state index contributed by atoms with van der Waals surface area (Å²) in [7, 11) is -3.48. The smallest absolute Gasteiger partial charge is 0.246 e. The van der Waals surface area contributed by atoms with E-state index in [4.69, 9.17) is 0 Å². The van der Waals surface area contributed by atoms with Crippen LogP contribution < -0.4 is 4.90 Å². The van der Waals surface area contributed by atoms with Crippen molar-refractivity contribution in [2.75, 3.05) is 31.1 Å². The van der Waals surface area contributed by atoms with E-state index in [1.807, 2.05) is 6.92 Å². The number of sulfonamides is 1. The number of aromatic nitrogens is 2. The number of hydrogen-bond acceptors (Lipinski definition) is 4. The SMILES string of the molecule is CCn1cc(S(=O)(=O)N2CCN(c3cccc(C)c3C)CC2)c(C)n1. The predicted molar refractivity (Wildman–Crippen MR) is 99.5 cm³/mol. The van der Waals surface area contributed by atoms with Crippen LogP contribution in [0.15, 0.2) is 29.3 Å². The van der Waals surface area contributed by atoms with Gasteiger partial charge in [-0.3, -0.25) is 4.68 Å². The maximum Gasteiger partial charge on any atom is 0.246 e. The second-order valence-electron chi connectivity index (χ2n) is 6.54. The van der Waals surface area contributed by atoms with Gasteiger partial charge in [-0.15, -0.1) is 0 Å². The van der Waals surface area contributed by atoms with Crippen molar-refractivity contribution in [3.05, 3.63) is 41.2 Å². The number of aryl methyl sites for hydroxylation is 3. The Morgan fingerprint density at radius 1 is 1.08 bits per heavy atom. The average Bonchev–Trinajstić information content (AvgIpc) is 2.99. The molecule has 0 atom stereocenters. The lowest BCUT2D eigenvalue weighted by Gasteiger charge is -2.36. The summed E-state index contributed by atoms with van der Waals surface area (Å²) in [6.07, 6.45) is 1.64. The first-order chi connectivity index (χ1) is 11.8. The van der Waals surface area contributed by atoms with E-state index in [0.717, 1.165) is 0 Å². The van der Waals surface area contributed by atoms with Crippen LogP contribution in [-0.4, -0.2) is 48.7 Å². The molecule has 0 bridgehead atoms. The number of anilines is 1. The van der Waals surface area contributed by atoms with Gasteiger partial charge in [0.05, 0.1) is 5.69 Å². The molecule has 1 aromatic carbocycles. The fourth-order valence-corrected chi connectivity index (χ4v) is 4.89. The normalized spacial score (nSPS) is 16.4. The number of piperazine rings is 1. The minimum atomic E-state index is -3.48. The molecule has 6 nitrogen and oxygen atoms in total. The quantitative estimate of drug-likeness (QED) is 0.838. The zero-order valence-corrected chi connectivity index (χ0v) is 16.2. The van der Waals surface area contributed by atoms with Gasteiger partial charge in [0.25, 0.3) is 0 Å². The number of hydrogen-bond donors (Lipinski definition) is 0. The van der Waals surface area contributed by atoms with Crippen molar-refractivity contribution in [2.45, 2.75) is 39.1 Å². The maximum atomic E-state index is 13.0. The monoisotopic (exact) mass is 362 g/mol. The van der Waals surface area contributed by atoms with Gasteiger partial charge in [-0.2, -0.15) is 9.40 Å². The van der Waals surface area contributed by atoms with Gasteiger partial charge < -0.3 is 4.90 Å². The minimum absolute atomic E-state index is 0.328. The van der Waals surface area contributed by atoms with E-state index in [-0.39, 0.29) is 0 Å². The van der Waals surface area contributed by atoms with Gasteiger partial charge in [0.2, 0.25) is 10.0 Å². The van der Waals surface area contributed by atoms with Crippen molar-refractivity contribution >= 4 is 15.7 Å². The van der Waals surface area contributed by atoms with Gasteiger partial charge >= 0.3 is 0 Å². The molecule has 0 amide bonds. The van der Waals surface area contributed by atoms with Crippen LogP contribution in [-0.2, 0) is 16.6 Å². The Hall–Kier alpha value is -1.86. The number of nitrogens with zero attached hydrogens (tertiary/aromatic N) is 4. The molecule has 1 fully saturated rings. The Morgan fingerprint density at radius 3 is 2.36 bits per heavy atom. The van der Waals surface area contributed by atoms with E-state index < -0.39 is 10.0 Å². The standard InChI is InChI=1S/C18H26N4O2S/c1-5-21-13-18(16(4)19-21)25(23,24)22-11-9-20(10-12-22)17-8-6-7-14(2)15(17)3/h6-8,13H,5,9-12H2,1-4H3. The Labute approximate surface area is 150 Å². The molecule has 1 aliphatic heterocycles. The van der Waals surface area contributed by atoms with Crippen LogP contribution in [0.4, 0.5) is 5.69 Å². The third-order valence-corrected chi connectivity index (χ3v) is 7.00. The van der Waals surface area contributed by atoms with Crippen LogP contribution in [0.2, 0.25) is 0 Å². The first-order valence-electron chi connectivity index (χ1n) is 8.70. The summed E-state index contributed by atoms with van der Waals surface area (Å²) >= 11 is 0. The molecular weight excluding hydrogens is 336 g/mol. The van der Waals surface area contributed by atoms with Gasteiger partial charge in [-0.05, 0) is 44.9 Å². The summed E-state index contributed by atoms with van der Waals surface area (Å²) < 4.78 is 29.2. The molecule has 0 spiro atoms. The first-order valence-corrected chi connectivity index (χ1v) is 10.1. The molecule has 1 aromatic heterocycles. The molecule has 136 valence electrons. The average molecular weight is 362 g/mol. The van der Waals surface area contributed by atoms with E-state index in [1.165, 1.54) is 16.8 Å². The lowest BCUT2D eigenvalue weighted by atomic mass is 10.1. The fraction of sp³-hybridized carbons (Fsp3) is 0.500. The summed E-state index contributed by atoms with van der Waals surface area (Å²) in [6.45, 7) is 11.0. The lowest BCUT2D eigenvalue weighted by molar-refractivity contribution is 0.384. The third-order valence-electron chi connectivity index (χ3n) is 5.00. The van der Waals surface area contributed by atoms with Gasteiger partial charge in [-0.1, -0.05) is 12.1 Å². The molecule has 2 aromatic rings. The Morgan fingerprint density at radius 2 is 1.76 bits per heavy atom. The summed E-state index contributed by atoms with van der Waals surface area (Å²) in [4.78, 5) is 2.60. The van der Waals surface area contributed by atoms with Crippen LogP contribution in [0.3, 0.4) is 0 Å². The zero-order valence-electron chi connectivity index (χ0n) is 15.4. The van der Waals surface area contributed by atoms with E-state index >= 15 is 0 Å². The number of benzene rings is 1. The first kappa shape index (κ1) is 17.9. The van der Waals surface area contributed by atoms with E-state index in [9.17, 15) is 8.42 Å². The second kappa shape index (κ2) is 6.80. The molecule has 1 aliphatic rings. The Bertz CT molecular complexity index is 865. The predicted octanol–water partition coefficient (Wildman–Crippen LogP) is 2.34. The topological polar surface area (TPSA) is 58.4 Å². The molecular formula is C18H26N4O2S. The fourth-order valence-electron chi connectivity index (χ4n) is 3.30. The van der Waals surface area contributed by atoms with Crippen LogP contribution in [0.1, 0.15) is 23.7 Å². The molecule has 0 unspecified atom stereocenters. The van der Waals surface area contributed by atoms with Crippen molar-refractivity contribution in [2.24, 2.45) is 0 Å². The van der Waals surface area contributed by atoms with Crippen LogP contribution >= 0.6 is 0 Å². The van der Waals surface area contributed by atoms with Crippen molar-refractivity contribution in [1.29, 1.82) is 0 Å². The molecule has 2 heterocycles. The molecule has 3 rings (SSSR count). The van der Waals surface area contributed by atoms with Crippen LogP contribution in [0, 0.1) is 20.8 Å². The molecule has 7 heteroatoms. The molecule has 25 heavy (non-hydrogen) atoms. The molecule has 0 radical (unpaired) electrons.